The highest BCUT2D eigenvalue weighted by atomic mass is 32.2. The fourth-order valence-electron chi connectivity index (χ4n) is 2.20. The van der Waals surface area contributed by atoms with Crippen LogP contribution in [0.2, 0.25) is 0 Å². The maximum absolute atomic E-state index is 12.6. The Balaban J connectivity index is 1.68. The van der Waals surface area contributed by atoms with Gasteiger partial charge in [-0.25, -0.2) is 13.1 Å². The first-order valence-electron chi connectivity index (χ1n) is 7.49. The van der Waals surface area contributed by atoms with E-state index in [4.69, 9.17) is 0 Å². The molecule has 0 aliphatic heterocycles. The van der Waals surface area contributed by atoms with Crippen LogP contribution in [0.25, 0.3) is 0 Å². The van der Waals surface area contributed by atoms with E-state index in [1.807, 2.05) is 0 Å². The minimum Gasteiger partial charge on any atom is -0.288 e. The largest absolute Gasteiger partial charge is 0.416 e. The van der Waals surface area contributed by atoms with Gasteiger partial charge in [-0.2, -0.15) is 24.5 Å². The van der Waals surface area contributed by atoms with Gasteiger partial charge in [-0.15, -0.1) is 11.3 Å². The smallest absolute Gasteiger partial charge is 0.288 e. The van der Waals surface area contributed by atoms with Crippen molar-refractivity contribution >= 4 is 38.5 Å². The molecule has 0 aliphatic carbocycles. The zero-order valence-electron chi connectivity index (χ0n) is 13.5. The summed E-state index contributed by atoms with van der Waals surface area (Å²) in [6.07, 6.45) is -4.53. The summed E-state index contributed by atoms with van der Waals surface area (Å²) in [6.45, 7) is -0.0645. The molecule has 0 amide bonds. The van der Waals surface area contributed by atoms with Crippen molar-refractivity contribution in [3.63, 3.8) is 0 Å². The highest BCUT2D eigenvalue weighted by Gasteiger charge is 2.30. The maximum atomic E-state index is 12.6. The van der Waals surface area contributed by atoms with Gasteiger partial charge in [0.2, 0.25) is 15.8 Å². The SMILES string of the molecule is O=C(c1ccsc1)c1ccc(CNS(=O)(=O)c2ccc(C(F)(F)F)cc2)s1. The molecule has 0 saturated heterocycles. The number of alkyl halides is 3. The molecule has 0 aliphatic rings. The molecule has 0 fully saturated rings. The van der Waals surface area contributed by atoms with Crippen LogP contribution in [-0.2, 0) is 22.7 Å². The molecule has 27 heavy (non-hydrogen) atoms. The summed E-state index contributed by atoms with van der Waals surface area (Å²) < 4.78 is 64.5. The Kier molecular flexibility index (Phi) is 5.52. The van der Waals surface area contributed by atoms with Gasteiger partial charge < -0.3 is 0 Å². The van der Waals surface area contributed by atoms with Crippen molar-refractivity contribution in [2.75, 3.05) is 0 Å². The van der Waals surface area contributed by atoms with Crippen molar-refractivity contribution in [3.05, 3.63) is 74.1 Å². The summed E-state index contributed by atoms with van der Waals surface area (Å²) in [5.41, 5.74) is -0.352. The quantitative estimate of drug-likeness (QED) is 0.583. The van der Waals surface area contributed by atoms with E-state index in [0.29, 0.717) is 15.3 Å². The Morgan fingerprint density at radius 1 is 1.04 bits per heavy atom. The van der Waals surface area contributed by atoms with Crippen molar-refractivity contribution in [2.45, 2.75) is 17.6 Å². The second kappa shape index (κ2) is 7.55. The number of nitrogens with one attached hydrogen (secondary N) is 1. The fraction of sp³-hybridized carbons (Fsp3) is 0.118. The Morgan fingerprint density at radius 2 is 1.74 bits per heavy atom. The third-order valence-corrected chi connectivity index (χ3v) is 6.78. The number of hydrogen-bond acceptors (Lipinski definition) is 5. The van der Waals surface area contributed by atoms with E-state index in [1.54, 1.807) is 29.0 Å². The molecule has 0 atom stereocenters. The van der Waals surface area contributed by atoms with E-state index in [1.165, 1.54) is 11.3 Å². The highest BCUT2D eigenvalue weighted by Crippen LogP contribution is 2.29. The molecule has 3 aromatic rings. The normalized spacial score (nSPS) is 12.3. The molecule has 3 rings (SSSR count). The van der Waals surface area contributed by atoms with Gasteiger partial charge in [0.15, 0.2) is 0 Å². The van der Waals surface area contributed by atoms with Crippen LogP contribution < -0.4 is 4.72 Å². The summed E-state index contributed by atoms with van der Waals surface area (Å²) in [7, 11) is -3.97. The van der Waals surface area contributed by atoms with Crippen LogP contribution in [0.1, 0.15) is 25.7 Å². The number of benzene rings is 1. The molecule has 4 nitrogen and oxygen atoms in total. The van der Waals surface area contributed by atoms with Gasteiger partial charge in [-0.05, 0) is 47.8 Å². The molecule has 0 saturated carbocycles. The van der Waals surface area contributed by atoms with Crippen molar-refractivity contribution in [2.24, 2.45) is 0 Å². The van der Waals surface area contributed by atoms with Crippen LogP contribution >= 0.6 is 22.7 Å². The Labute approximate surface area is 161 Å². The average Bonchev–Trinajstić information content (AvgIpc) is 3.31. The minimum atomic E-state index is -4.53. The topological polar surface area (TPSA) is 63.2 Å². The first-order chi connectivity index (χ1) is 12.7. The zero-order valence-corrected chi connectivity index (χ0v) is 15.9. The lowest BCUT2D eigenvalue weighted by molar-refractivity contribution is -0.137. The number of hydrogen-bond donors (Lipinski definition) is 1. The predicted octanol–water partition coefficient (Wildman–Crippen LogP) is 4.54. The van der Waals surface area contributed by atoms with Gasteiger partial charge >= 0.3 is 6.18 Å². The van der Waals surface area contributed by atoms with E-state index < -0.39 is 21.8 Å². The van der Waals surface area contributed by atoms with E-state index >= 15 is 0 Å². The van der Waals surface area contributed by atoms with Gasteiger partial charge in [0, 0.05) is 22.4 Å². The second-order valence-corrected chi connectivity index (χ2v) is 9.17. The molecule has 0 radical (unpaired) electrons. The van der Waals surface area contributed by atoms with E-state index in [9.17, 15) is 26.4 Å². The number of carbonyl (C=O) groups is 1. The van der Waals surface area contributed by atoms with Crippen LogP contribution in [-0.4, -0.2) is 14.2 Å². The summed E-state index contributed by atoms with van der Waals surface area (Å²) >= 11 is 2.57. The van der Waals surface area contributed by atoms with Crippen LogP contribution in [0.5, 0.6) is 0 Å². The number of sulfonamides is 1. The first-order valence-corrected chi connectivity index (χ1v) is 10.7. The summed E-state index contributed by atoms with van der Waals surface area (Å²) in [5, 5.41) is 3.52. The standard InChI is InChI=1S/C17H12F3NO3S3/c18-17(19,20)12-1-4-14(5-2-12)27(23,24)21-9-13-3-6-15(26-13)16(22)11-7-8-25-10-11/h1-8,10,21H,9H2. The third kappa shape index (κ3) is 4.64. The van der Waals surface area contributed by atoms with Gasteiger partial charge in [-0.1, -0.05) is 0 Å². The molecule has 142 valence electrons. The van der Waals surface area contributed by atoms with Crippen LogP contribution in [0.3, 0.4) is 0 Å². The number of rotatable bonds is 6. The maximum Gasteiger partial charge on any atom is 0.416 e. The van der Waals surface area contributed by atoms with Crippen LogP contribution in [0.4, 0.5) is 13.2 Å². The van der Waals surface area contributed by atoms with Crippen LogP contribution in [0, 0.1) is 0 Å². The molecule has 2 heterocycles. The summed E-state index contributed by atoms with van der Waals surface area (Å²) in [6, 6.07) is 8.22. The van der Waals surface area contributed by atoms with Gasteiger partial charge in [0.05, 0.1) is 15.3 Å². The third-order valence-electron chi connectivity index (χ3n) is 3.60. The second-order valence-electron chi connectivity index (χ2n) is 5.45. The minimum absolute atomic E-state index is 0.0645. The molecule has 0 spiro atoms. The zero-order chi connectivity index (χ0) is 19.7. The number of halogens is 3. The molecular formula is C17H12F3NO3S3. The van der Waals surface area contributed by atoms with Gasteiger partial charge in [0.25, 0.3) is 0 Å². The summed E-state index contributed by atoms with van der Waals surface area (Å²) in [5.74, 6) is -0.141. The van der Waals surface area contributed by atoms with E-state index in [0.717, 1.165) is 35.6 Å². The lowest BCUT2D eigenvalue weighted by Gasteiger charge is -2.09. The van der Waals surface area contributed by atoms with E-state index in [-0.39, 0.29) is 17.2 Å². The molecule has 2 aromatic heterocycles. The highest BCUT2D eigenvalue weighted by molar-refractivity contribution is 7.89. The van der Waals surface area contributed by atoms with Crippen molar-refractivity contribution in [1.29, 1.82) is 0 Å². The Morgan fingerprint density at radius 3 is 2.33 bits per heavy atom. The lowest BCUT2D eigenvalue weighted by atomic mass is 10.2. The number of thiophene rings is 2. The van der Waals surface area contributed by atoms with Crippen molar-refractivity contribution < 1.29 is 26.4 Å². The van der Waals surface area contributed by atoms with Crippen molar-refractivity contribution in [1.82, 2.24) is 4.72 Å². The fourth-order valence-corrected chi connectivity index (χ4v) is 4.85. The number of ketones is 1. The van der Waals surface area contributed by atoms with Gasteiger partial charge in [-0.3, -0.25) is 4.79 Å². The van der Waals surface area contributed by atoms with Crippen LogP contribution in [0.15, 0.2) is 58.1 Å². The lowest BCUT2D eigenvalue weighted by Crippen LogP contribution is -2.23. The molecular weight excluding hydrogens is 419 g/mol. The van der Waals surface area contributed by atoms with Crippen molar-refractivity contribution in [3.8, 4) is 0 Å². The average molecular weight is 431 g/mol. The Hall–Kier alpha value is -2.01. The van der Waals surface area contributed by atoms with Gasteiger partial charge in [0.1, 0.15) is 0 Å². The molecule has 1 aromatic carbocycles. The summed E-state index contributed by atoms with van der Waals surface area (Å²) in [4.78, 5) is 13.1. The number of carbonyl (C=O) groups excluding carboxylic acids is 1. The predicted molar refractivity (Wildman–Crippen MR) is 97.5 cm³/mol. The monoisotopic (exact) mass is 431 g/mol. The van der Waals surface area contributed by atoms with E-state index in [2.05, 4.69) is 4.72 Å². The molecule has 1 N–H and O–H groups in total. The molecule has 0 unspecified atom stereocenters. The molecule has 0 bridgehead atoms. The Bertz CT molecular complexity index is 1040. The first kappa shape index (κ1) is 19.7. The molecule has 10 heteroatoms.